The Balaban J connectivity index is 2.99. The van der Waals surface area contributed by atoms with Crippen molar-refractivity contribution in [2.24, 2.45) is 0 Å². The van der Waals surface area contributed by atoms with Crippen LogP contribution < -0.4 is 0 Å². The van der Waals surface area contributed by atoms with Gasteiger partial charge in [0.2, 0.25) is 0 Å². The van der Waals surface area contributed by atoms with Gasteiger partial charge in [0.15, 0.2) is 0 Å². The standard InChI is InChI=1S/C13H20O3/c14-9-6-13(7-10-15,8-11-16)12-4-2-1-3-5-12/h1-5,14-16H,6-11H2. The van der Waals surface area contributed by atoms with Crippen molar-refractivity contribution in [3.8, 4) is 0 Å². The number of benzene rings is 1. The van der Waals surface area contributed by atoms with E-state index in [1.165, 1.54) is 0 Å². The molecule has 0 aliphatic rings. The van der Waals surface area contributed by atoms with E-state index in [4.69, 9.17) is 15.3 Å². The molecule has 90 valence electrons. The first-order valence-corrected chi connectivity index (χ1v) is 5.67. The van der Waals surface area contributed by atoms with Crippen molar-refractivity contribution < 1.29 is 15.3 Å². The normalized spacial score (nSPS) is 11.7. The SMILES string of the molecule is OCCC(CCO)(CCO)c1ccccc1. The maximum absolute atomic E-state index is 9.15. The molecule has 1 rings (SSSR count). The highest BCUT2D eigenvalue weighted by molar-refractivity contribution is 5.25. The van der Waals surface area contributed by atoms with Crippen LogP contribution in [0, 0.1) is 0 Å². The van der Waals surface area contributed by atoms with Gasteiger partial charge in [-0.1, -0.05) is 30.3 Å². The van der Waals surface area contributed by atoms with Gasteiger partial charge in [-0.2, -0.15) is 0 Å². The fourth-order valence-electron chi connectivity index (χ4n) is 2.24. The summed E-state index contributed by atoms with van der Waals surface area (Å²) in [5, 5.41) is 27.5. The molecule has 0 radical (unpaired) electrons. The minimum atomic E-state index is -0.306. The van der Waals surface area contributed by atoms with E-state index in [1.807, 2.05) is 30.3 Å². The van der Waals surface area contributed by atoms with Crippen LogP contribution in [0.1, 0.15) is 24.8 Å². The lowest BCUT2D eigenvalue weighted by Gasteiger charge is -2.33. The summed E-state index contributed by atoms with van der Waals surface area (Å²) < 4.78 is 0. The average molecular weight is 224 g/mol. The van der Waals surface area contributed by atoms with E-state index in [0.717, 1.165) is 5.56 Å². The summed E-state index contributed by atoms with van der Waals surface area (Å²) in [5.41, 5.74) is 0.770. The first-order valence-electron chi connectivity index (χ1n) is 5.67. The first-order chi connectivity index (χ1) is 7.79. The minimum Gasteiger partial charge on any atom is -0.396 e. The van der Waals surface area contributed by atoms with Crippen molar-refractivity contribution in [1.82, 2.24) is 0 Å². The van der Waals surface area contributed by atoms with Crippen LogP contribution in [0.3, 0.4) is 0 Å². The molecule has 0 amide bonds. The van der Waals surface area contributed by atoms with Gasteiger partial charge >= 0.3 is 0 Å². The van der Waals surface area contributed by atoms with E-state index in [2.05, 4.69) is 0 Å². The Hall–Kier alpha value is -0.900. The van der Waals surface area contributed by atoms with E-state index in [9.17, 15) is 0 Å². The van der Waals surface area contributed by atoms with Crippen LogP contribution in [0.15, 0.2) is 30.3 Å². The molecular formula is C13H20O3. The lowest BCUT2D eigenvalue weighted by atomic mass is 9.73. The second-order valence-electron chi connectivity index (χ2n) is 4.07. The number of hydrogen-bond donors (Lipinski definition) is 3. The Labute approximate surface area is 96.4 Å². The second kappa shape index (κ2) is 6.63. The van der Waals surface area contributed by atoms with Gasteiger partial charge in [-0.05, 0) is 24.8 Å². The molecular weight excluding hydrogens is 204 g/mol. The van der Waals surface area contributed by atoms with Gasteiger partial charge in [-0.3, -0.25) is 0 Å². The number of aliphatic hydroxyl groups excluding tert-OH is 3. The van der Waals surface area contributed by atoms with Gasteiger partial charge in [0.1, 0.15) is 0 Å². The topological polar surface area (TPSA) is 60.7 Å². The van der Waals surface area contributed by atoms with Crippen LogP contribution in [0.4, 0.5) is 0 Å². The lowest BCUT2D eigenvalue weighted by Crippen LogP contribution is -2.30. The first kappa shape index (κ1) is 13.2. The highest BCUT2D eigenvalue weighted by Gasteiger charge is 2.30. The fraction of sp³-hybridized carbons (Fsp3) is 0.538. The summed E-state index contributed by atoms with van der Waals surface area (Å²) in [5.74, 6) is 0. The Morgan fingerprint density at radius 1 is 0.750 bits per heavy atom. The van der Waals surface area contributed by atoms with Crippen LogP contribution in [0.5, 0.6) is 0 Å². The highest BCUT2D eigenvalue weighted by atomic mass is 16.3. The van der Waals surface area contributed by atoms with Gasteiger partial charge in [-0.25, -0.2) is 0 Å². The largest absolute Gasteiger partial charge is 0.396 e. The van der Waals surface area contributed by atoms with Crippen molar-refractivity contribution in [2.45, 2.75) is 24.7 Å². The summed E-state index contributed by atoms with van der Waals surface area (Å²) in [6.45, 7) is 0.193. The van der Waals surface area contributed by atoms with Crippen molar-refractivity contribution in [1.29, 1.82) is 0 Å². The zero-order valence-corrected chi connectivity index (χ0v) is 9.47. The molecule has 0 atom stereocenters. The van der Waals surface area contributed by atoms with E-state index in [-0.39, 0.29) is 25.2 Å². The summed E-state index contributed by atoms with van der Waals surface area (Å²) in [6, 6.07) is 9.79. The highest BCUT2D eigenvalue weighted by Crippen LogP contribution is 2.34. The molecule has 3 heteroatoms. The van der Waals surface area contributed by atoms with Crippen LogP contribution in [-0.4, -0.2) is 35.1 Å². The summed E-state index contributed by atoms with van der Waals surface area (Å²) in [7, 11) is 0. The quantitative estimate of drug-likeness (QED) is 0.649. The molecule has 1 aromatic rings. The van der Waals surface area contributed by atoms with Crippen LogP contribution in [0.25, 0.3) is 0 Å². The average Bonchev–Trinajstić information content (AvgIpc) is 2.31. The maximum Gasteiger partial charge on any atom is 0.0439 e. The number of rotatable bonds is 7. The van der Waals surface area contributed by atoms with Gasteiger partial charge in [0.25, 0.3) is 0 Å². The molecule has 0 unspecified atom stereocenters. The van der Waals surface area contributed by atoms with E-state index in [1.54, 1.807) is 0 Å². The monoisotopic (exact) mass is 224 g/mol. The third-order valence-electron chi connectivity index (χ3n) is 3.16. The Morgan fingerprint density at radius 3 is 1.56 bits per heavy atom. The molecule has 0 spiro atoms. The zero-order valence-electron chi connectivity index (χ0n) is 9.47. The van der Waals surface area contributed by atoms with E-state index < -0.39 is 0 Å². The third-order valence-corrected chi connectivity index (χ3v) is 3.16. The van der Waals surface area contributed by atoms with Crippen molar-refractivity contribution in [3.05, 3.63) is 35.9 Å². The lowest BCUT2D eigenvalue weighted by molar-refractivity contribution is 0.156. The predicted molar refractivity (Wildman–Crippen MR) is 63.2 cm³/mol. The predicted octanol–water partition coefficient (Wildman–Crippen LogP) is 1.07. The number of hydrogen-bond acceptors (Lipinski definition) is 3. The molecule has 0 fully saturated rings. The molecule has 0 bridgehead atoms. The van der Waals surface area contributed by atoms with Crippen molar-refractivity contribution in [2.75, 3.05) is 19.8 Å². The van der Waals surface area contributed by atoms with Crippen LogP contribution in [-0.2, 0) is 5.41 Å². The Bertz CT molecular complexity index is 267. The fourth-order valence-corrected chi connectivity index (χ4v) is 2.24. The smallest absolute Gasteiger partial charge is 0.0439 e. The van der Waals surface area contributed by atoms with Gasteiger partial charge in [-0.15, -0.1) is 0 Å². The molecule has 0 aromatic heterocycles. The molecule has 0 saturated heterocycles. The Kier molecular flexibility index (Phi) is 5.46. The molecule has 1 aromatic carbocycles. The summed E-state index contributed by atoms with van der Waals surface area (Å²) >= 11 is 0. The van der Waals surface area contributed by atoms with Crippen molar-refractivity contribution in [3.63, 3.8) is 0 Å². The number of aliphatic hydroxyl groups is 3. The van der Waals surface area contributed by atoms with Gasteiger partial charge in [0, 0.05) is 25.2 Å². The maximum atomic E-state index is 9.15. The third kappa shape index (κ3) is 3.04. The molecule has 0 saturated carbocycles. The molecule has 0 aliphatic heterocycles. The van der Waals surface area contributed by atoms with Crippen LogP contribution >= 0.6 is 0 Å². The summed E-state index contributed by atoms with van der Waals surface area (Å²) in [6.07, 6.45) is 1.70. The van der Waals surface area contributed by atoms with E-state index in [0.29, 0.717) is 19.3 Å². The molecule has 16 heavy (non-hydrogen) atoms. The zero-order chi connectivity index (χ0) is 11.9. The molecule has 3 N–H and O–H groups in total. The second-order valence-corrected chi connectivity index (χ2v) is 4.07. The molecule has 0 heterocycles. The van der Waals surface area contributed by atoms with Crippen molar-refractivity contribution >= 4 is 0 Å². The van der Waals surface area contributed by atoms with Gasteiger partial charge in [0.05, 0.1) is 0 Å². The molecule has 3 nitrogen and oxygen atoms in total. The minimum absolute atomic E-state index is 0.0644. The summed E-state index contributed by atoms with van der Waals surface area (Å²) in [4.78, 5) is 0. The Morgan fingerprint density at radius 2 is 1.19 bits per heavy atom. The van der Waals surface area contributed by atoms with Gasteiger partial charge < -0.3 is 15.3 Å². The van der Waals surface area contributed by atoms with Crippen LogP contribution in [0.2, 0.25) is 0 Å². The van der Waals surface area contributed by atoms with E-state index >= 15 is 0 Å². The molecule has 0 aliphatic carbocycles.